The second-order valence-electron chi connectivity index (χ2n) is 11.0. The molecule has 0 aliphatic heterocycles. The highest BCUT2D eigenvalue weighted by atomic mass is 16.8. The smallest absolute Gasteiger partial charge is 0.461 e. The Labute approximate surface area is 243 Å². The molecule has 0 aliphatic carbocycles. The van der Waals surface area contributed by atoms with Crippen LogP contribution in [-0.2, 0) is 35.0 Å². The lowest BCUT2D eigenvalue weighted by molar-refractivity contribution is -0.161. The van der Waals surface area contributed by atoms with Gasteiger partial charge in [0, 0.05) is 0 Å². The van der Waals surface area contributed by atoms with Crippen LogP contribution in [0.25, 0.3) is 0 Å². The highest BCUT2D eigenvalue weighted by Crippen LogP contribution is 2.30. The summed E-state index contributed by atoms with van der Waals surface area (Å²) in [5, 5.41) is 0. The van der Waals surface area contributed by atoms with Crippen molar-refractivity contribution in [2.45, 2.75) is 106 Å². The lowest BCUT2D eigenvalue weighted by Gasteiger charge is -2.19. The largest absolute Gasteiger partial charge is 0.514 e. The third-order valence-corrected chi connectivity index (χ3v) is 6.50. The number of carbonyl (C=O) groups is 4. The van der Waals surface area contributed by atoms with Crippen LogP contribution in [0.1, 0.15) is 80.7 Å². The molecule has 0 radical (unpaired) electrons. The first-order valence-corrected chi connectivity index (χ1v) is 14.2. The van der Waals surface area contributed by atoms with Gasteiger partial charge in [-0.3, -0.25) is 9.59 Å². The molecule has 11 heteroatoms. The average Bonchev–Trinajstić information content (AvgIpc) is 2.88. The Morgan fingerprint density at radius 3 is 1.80 bits per heavy atom. The van der Waals surface area contributed by atoms with Gasteiger partial charge in [-0.05, 0) is 63.1 Å². The molecule has 0 saturated heterocycles. The molecule has 0 fully saturated rings. The van der Waals surface area contributed by atoms with Crippen LogP contribution >= 0.6 is 0 Å². The first kappa shape index (κ1) is 35.7. The van der Waals surface area contributed by atoms with Crippen LogP contribution in [0.15, 0.2) is 18.2 Å². The van der Waals surface area contributed by atoms with Gasteiger partial charge in [0.15, 0.2) is 11.5 Å². The second kappa shape index (κ2) is 17.5. The molecule has 1 aromatic rings. The molecule has 41 heavy (non-hydrogen) atoms. The molecule has 232 valence electrons. The van der Waals surface area contributed by atoms with E-state index in [1.54, 1.807) is 33.8 Å². The molecule has 0 aliphatic rings. The van der Waals surface area contributed by atoms with Gasteiger partial charge in [0.05, 0.1) is 5.92 Å². The standard InChI is InChI=1S/C30H47NO10/c1-10-11-19(6)27(32)37-20(7)16-36-28(33)24(31)14-23-12-13-25(40-29(34)38-21(8)17(2)3)26(15-23)41-30(35)39-22(9)18(4)5/h12-13,15,17-22,24H,10-11,14,16,31H2,1-9H3/t19?,20-,21?,22?,24-/m0/s1. The summed E-state index contributed by atoms with van der Waals surface area (Å²) in [5.41, 5.74) is 6.56. The zero-order valence-corrected chi connectivity index (χ0v) is 25.8. The Balaban J connectivity index is 2.93. The summed E-state index contributed by atoms with van der Waals surface area (Å²) < 4.78 is 31.7. The van der Waals surface area contributed by atoms with Crippen molar-refractivity contribution in [2.24, 2.45) is 23.5 Å². The van der Waals surface area contributed by atoms with Crippen molar-refractivity contribution in [3.05, 3.63) is 23.8 Å². The fourth-order valence-corrected chi connectivity index (χ4v) is 3.19. The number of hydrogen-bond acceptors (Lipinski definition) is 11. The van der Waals surface area contributed by atoms with E-state index in [-0.39, 0.29) is 48.2 Å². The number of carbonyl (C=O) groups excluding carboxylic acids is 4. The molecule has 2 N–H and O–H groups in total. The summed E-state index contributed by atoms with van der Waals surface area (Å²) in [7, 11) is 0. The van der Waals surface area contributed by atoms with Crippen LogP contribution in [0.2, 0.25) is 0 Å². The Hall–Kier alpha value is -3.34. The molecular weight excluding hydrogens is 534 g/mol. The average molecular weight is 582 g/mol. The molecule has 0 saturated carbocycles. The third kappa shape index (κ3) is 13.2. The van der Waals surface area contributed by atoms with E-state index in [1.807, 2.05) is 34.6 Å². The zero-order valence-electron chi connectivity index (χ0n) is 25.8. The van der Waals surface area contributed by atoms with Crippen LogP contribution in [0, 0.1) is 17.8 Å². The van der Waals surface area contributed by atoms with E-state index < -0.39 is 42.6 Å². The molecule has 0 aromatic heterocycles. The van der Waals surface area contributed by atoms with Crippen molar-refractivity contribution in [1.29, 1.82) is 0 Å². The van der Waals surface area contributed by atoms with Crippen LogP contribution in [-0.4, -0.2) is 55.2 Å². The molecule has 1 rings (SSSR count). The number of benzene rings is 1. The van der Waals surface area contributed by atoms with Crippen molar-refractivity contribution in [1.82, 2.24) is 0 Å². The normalized spacial score (nSPS) is 14.8. The Morgan fingerprint density at radius 1 is 0.756 bits per heavy atom. The predicted octanol–water partition coefficient (Wildman–Crippen LogP) is 5.59. The Morgan fingerprint density at radius 2 is 1.29 bits per heavy atom. The Bertz CT molecular complexity index is 1010. The van der Waals surface area contributed by atoms with E-state index in [1.165, 1.54) is 12.1 Å². The quantitative estimate of drug-likeness (QED) is 0.157. The number of nitrogens with two attached hydrogens (primary N) is 1. The minimum atomic E-state index is -1.07. The van der Waals surface area contributed by atoms with E-state index in [0.717, 1.165) is 6.42 Å². The molecule has 11 nitrogen and oxygen atoms in total. The van der Waals surface area contributed by atoms with E-state index in [4.69, 9.17) is 34.2 Å². The summed E-state index contributed by atoms with van der Waals surface area (Å²) in [6, 6.07) is 3.32. The van der Waals surface area contributed by atoms with Gasteiger partial charge in [-0.15, -0.1) is 0 Å². The highest BCUT2D eigenvalue weighted by Gasteiger charge is 2.24. The van der Waals surface area contributed by atoms with Gasteiger partial charge in [-0.25, -0.2) is 9.59 Å². The lowest BCUT2D eigenvalue weighted by atomic mass is 10.1. The number of ether oxygens (including phenoxy) is 6. The lowest BCUT2D eigenvalue weighted by Crippen LogP contribution is -2.36. The van der Waals surface area contributed by atoms with Crippen molar-refractivity contribution < 1.29 is 47.6 Å². The molecular formula is C30H47NO10. The summed E-state index contributed by atoms with van der Waals surface area (Å²) >= 11 is 0. The summed E-state index contributed by atoms with van der Waals surface area (Å²) in [6.45, 7) is 16.3. The third-order valence-electron chi connectivity index (χ3n) is 6.50. The monoisotopic (exact) mass is 581 g/mol. The molecule has 5 atom stereocenters. The maximum Gasteiger partial charge on any atom is 0.514 e. The van der Waals surface area contributed by atoms with Crippen molar-refractivity contribution in [3.8, 4) is 11.5 Å². The molecule has 1 aromatic carbocycles. The number of rotatable bonds is 15. The highest BCUT2D eigenvalue weighted by molar-refractivity contribution is 5.76. The SMILES string of the molecule is CCCC(C)C(=O)O[C@@H](C)COC(=O)[C@@H](N)Cc1ccc(OC(=O)OC(C)C(C)C)c(OC(=O)OC(C)C(C)C)c1. The van der Waals surface area contributed by atoms with E-state index in [9.17, 15) is 19.2 Å². The van der Waals surface area contributed by atoms with Crippen molar-refractivity contribution >= 4 is 24.2 Å². The van der Waals surface area contributed by atoms with Crippen molar-refractivity contribution in [3.63, 3.8) is 0 Å². The van der Waals surface area contributed by atoms with Gasteiger partial charge in [-0.2, -0.15) is 0 Å². The summed E-state index contributed by atoms with van der Waals surface area (Å²) in [6.07, 6.45) is -1.84. The van der Waals surface area contributed by atoms with Gasteiger partial charge in [0.1, 0.15) is 31.0 Å². The number of hydrogen-bond donors (Lipinski definition) is 1. The van der Waals surface area contributed by atoms with Crippen LogP contribution < -0.4 is 15.2 Å². The van der Waals surface area contributed by atoms with Gasteiger partial charge >= 0.3 is 24.2 Å². The van der Waals surface area contributed by atoms with Gasteiger partial charge in [0.25, 0.3) is 0 Å². The topological polar surface area (TPSA) is 150 Å². The Kier molecular flexibility index (Phi) is 15.2. The molecule has 3 unspecified atom stereocenters. The maximum atomic E-state index is 12.5. The first-order valence-electron chi connectivity index (χ1n) is 14.2. The first-order chi connectivity index (χ1) is 19.1. The maximum absolute atomic E-state index is 12.5. The fourth-order valence-electron chi connectivity index (χ4n) is 3.19. The number of esters is 2. The van der Waals surface area contributed by atoms with Crippen LogP contribution in [0.5, 0.6) is 11.5 Å². The summed E-state index contributed by atoms with van der Waals surface area (Å²) in [4.78, 5) is 49.3. The predicted molar refractivity (Wildman–Crippen MR) is 152 cm³/mol. The summed E-state index contributed by atoms with van der Waals surface area (Å²) in [5.74, 6) is -1.36. The molecule has 0 heterocycles. The zero-order chi connectivity index (χ0) is 31.3. The molecule has 0 spiro atoms. The fraction of sp³-hybridized carbons (Fsp3) is 0.667. The second-order valence-corrected chi connectivity index (χ2v) is 11.0. The van der Waals surface area contributed by atoms with Crippen molar-refractivity contribution in [2.75, 3.05) is 6.61 Å². The van der Waals surface area contributed by atoms with Gasteiger partial charge in [-0.1, -0.05) is 54.0 Å². The van der Waals surface area contributed by atoms with Crippen LogP contribution in [0.4, 0.5) is 9.59 Å². The minimum Gasteiger partial charge on any atom is -0.461 e. The van der Waals surface area contributed by atoms with E-state index >= 15 is 0 Å². The van der Waals surface area contributed by atoms with Gasteiger partial charge in [0.2, 0.25) is 0 Å². The van der Waals surface area contributed by atoms with Crippen LogP contribution in [0.3, 0.4) is 0 Å². The minimum absolute atomic E-state index is 0.0173. The van der Waals surface area contributed by atoms with E-state index in [0.29, 0.717) is 12.0 Å². The van der Waals surface area contributed by atoms with E-state index in [2.05, 4.69) is 0 Å². The molecule has 0 bridgehead atoms. The van der Waals surface area contributed by atoms with Gasteiger partial charge < -0.3 is 34.2 Å². The molecule has 0 amide bonds.